The van der Waals surface area contributed by atoms with Crippen molar-refractivity contribution in [2.75, 3.05) is 19.1 Å². The summed E-state index contributed by atoms with van der Waals surface area (Å²) in [4.78, 5) is 2.04. The highest BCUT2D eigenvalue weighted by Crippen LogP contribution is 2.32. The highest BCUT2D eigenvalue weighted by atomic mass is 16.5. The average molecular weight is 283 g/mol. The van der Waals surface area contributed by atoms with Crippen LogP contribution in [0.25, 0.3) is 0 Å². The van der Waals surface area contributed by atoms with Crippen molar-refractivity contribution >= 4 is 17.2 Å². The van der Waals surface area contributed by atoms with Gasteiger partial charge in [-0.25, -0.2) is 0 Å². The molecule has 0 aliphatic rings. The molecule has 2 aromatic carbocycles. The molecule has 21 heavy (non-hydrogen) atoms. The van der Waals surface area contributed by atoms with Crippen molar-refractivity contribution < 1.29 is 4.74 Å². The van der Waals surface area contributed by atoms with Gasteiger partial charge in [-0.05, 0) is 37.6 Å². The molecule has 2 aromatic rings. The van der Waals surface area contributed by atoms with E-state index < -0.39 is 0 Å². The molecule has 110 valence electrons. The van der Waals surface area contributed by atoms with Crippen LogP contribution in [0.5, 0.6) is 5.75 Å². The van der Waals surface area contributed by atoms with Crippen LogP contribution in [0.4, 0.5) is 11.4 Å². The zero-order valence-electron chi connectivity index (χ0n) is 12.9. The molecule has 0 saturated heterocycles. The standard InChI is InChI=1S/C17H21N3O/c1-11-5-8-15(12(2)9-11)20(3)16-10-13(21-4)6-7-14(16)17(18)19/h5-10H,1-4H3,(H3,18,19). The fourth-order valence-electron chi connectivity index (χ4n) is 2.46. The summed E-state index contributed by atoms with van der Waals surface area (Å²) in [6.07, 6.45) is 0. The van der Waals surface area contributed by atoms with Gasteiger partial charge in [-0.15, -0.1) is 0 Å². The van der Waals surface area contributed by atoms with E-state index in [-0.39, 0.29) is 5.84 Å². The summed E-state index contributed by atoms with van der Waals surface area (Å²) in [5, 5.41) is 7.76. The first-order chi connectivity index (χ1) is 9.93. The van der Waals surface area contributed by atoms with Gasteiger partial charge in [0.25, 0.3) is 0 Å². The van der Waals surface area contributed by atoms with E-state index >= 15 is 0 Å². The van der Waals surface area contributed by atoms with Crippen molar-refractivity contribution in [2.24, 2.45) is 5.73 Å². The van der Waals surface area contributed by atoms with Crippen LogP contribution in [-0.4, -0.2) is 20.0 Å². The second-order valence-corrected chi connectivity index (χ2v) is 5.15. The van der Waals surface area contributed by atoms with Gasteiger partial charge < -0.3 is 15.4 Å². The molecule has 0 amide bonds. The Balaban J connectivity index is 2.55. The Morgan fingerprint density at radius 3 is 2.38 bits per heavy atom. The Hall–Kier alpha value is -2.49. The van der Waals surface area contributed by atoms with Crippen LogP contribution in [0.15, 0.2) is 36.4 Å². The number of aryl methyl sites for hydroxylation is 2. The van der Waals surface area contributed by atoms with Crippen molar-refractivity contribution in [3.63, 3.8) is 0 Å². The Morgan fingerprint density at radius 2 is 1.81 bits per heavy atom. The zero-order chi connectivity index (χ0) is 15.6. The van der Waals surface area contributed by atoms with Crippen LogP contribution in [0.2, 0.25) is 0 Å². The summed E-state index contributed by atoms with van der Waals surface area (Å²) in [7, 11) is 3.60. The quantitative estimate of drug-likeness (QED) is 0.668. The molecule has 0 radical (unpaired) electrons. The Morgan fingerprint density at radius 1 is 1.10 bits per heavy atom. The number of nitrogens with one attached hydrogen (secondary N) is 1. The molecule has 0 aromatic heterocycles. The van der Waals surface area contributed by atoms with E-state index in [2.05, 4.69) is 32.0 Å². The molecular formula is C17H21N3O. The number of nitrogens with zero attached hydrogens (tertiary/aromatic N) is 1. The number of nitrogens with two attached hydrogens (primary N) is 1. The minimum Gasteiger partial charge on any atom is -0.497 e. The van der Waals surface area contributed by atoms with Gasteiger partial charge in [0, 0.05) is 24.4 Å². The van der Waals surface area contributed by atoms with Crippen LogP contribution in [0.3, 0.4) is 0 Å². The molecule has 4 nitrogen and oxygen atoms in total. The van der Waals surface area contributed by atoms with Gasteiger partial charge >= 0.3 is 0 Å². The summed E-state index contributed by atoms with van der Waals surface area (Å²) < 4.78 is 5.29. The molecule has 4 heteroatoms. The Kier molecular flexibility index (Phi) is 4.17. The highest BCUT2D eigenvalue weighted by molar-refractivity contribution is 6.01. The molecular weight excluding hydrogens is 262 g/mol. The second kappa shape index (κ2) is 5.87. The molecule has 3 N–H and O–H groups in total. The third-order valence-electron chi connectivity index (χ3n) is 3.57. The van der Waals surface area contributed by atoms with Gasteiger partial charge in [0.1, 0.15) is 11.6 Å². The second-order valence-electron chi connectivity index (χ2n) is 5.15. The Bertz CT molecular complexity index is 680. The monoisotopic (exact) mass is 283 g/mol. The van der Waals surface area contributed by atoms with E-state index in [1.807, 2.05) is 30.1 Å². The highest BCUT2D eigenvalue weighted by Gasteiger charge is 2.14. The molecule has 0 saturated carbocycles. The minimum absolute atomic E-state index is 0.0456. The lowest BCUT2D eigenvalue weighted by atomic mass is 10.1. The molecule has 0 aliphatic carbocycles. The lowest BCUT2D eigenvalue weighted by Crippen LogP contribution is -2.19. The third-order valence-corrected chi connectivity index (χ3v) is 3.57. The summed E-state index contributed by atoms with van der Waals surface area (Å²) >= 11 is 0. The van der Waals surface area contributed by atoms with Crippen LogP contribution >= 0.6 is 0 Å². The zero-order valence-corrected chi connectivity index (χ0v) is 12.9. The predicted molar refractivity (Wildman–Crippen MR) is 88.0 cm³/mol. The predicted octanol–water partition coefficient (Wildman–Crippen LogP) is 3.36. The van der Waals surface area contributed by atoms with Gasteiger partial charge in [-0.1, -0.05) is 17.7 Å². The van der Waals surface area contributed by atoms with Crippen LogP contribution in [0, 0.1) is 19.3 Å². The summed E-state index contributed by atoms with van der Waals surface area (Å²) in [6, 6.07) is 11.8. The first-order valence-corrected chi connectivity index (χ1v) is 6.77. The normalized spacial score (nSPS) is 10.3. The van der Waals surface area contributed by atoms with E-state index in [4.69, 9.17) is 15.9 Å². The number of methoxy groups -OCH3 is 1. The SMILES string of the molecule is COc1ccc(C(=N)N)c(N(C)c2ccc(C)cc2C)c1. The smallest absolute Gasteiger partial charge is 0.124 e. The van der Waals surface area contributed by atoms with E-state index in [0.29, 0.717) is 5.56 Å². The number of ether oxygens (including phenoxy) is 1. The van der Waals surface area contributed by atoms with E-state index in [9.17, 15) is 0 Å². The molecule has 0 heterocycles. The number of hydrogen-bond acceptors (Lipinski definition) is 3. The summed E-state index contributed by atoms with van der Waals surface area (Å²) in [6.45, 7) is 4.15. The minimum atomic E-state index is 0.0456. The van der Waals surface area contributed by atoms with Gasteiger partial charge in [0.05, 0.1) is 12.8 Å². The molecule has 0 atom stereocenters. The van der Waals surface area contributed by atoms with Gasteiger partial charge in [-0.3, -0.25) is 5.41 Å². The van der Waals surface area contributed by atoms with E-state index in [1.165, 1.54) is 11.1 Å². The van der Waals surface area contributed by atoms with E-state index in [0.717, 1.165) is 17.1 Å². The summed E-state index contributed by atoms with van der Waals surface area (Å²) in [5.74, 6) is 0.788. The maximum atomic E-state index is 7.76. The van der Waals surface area contributed by atoms with Crippen molar-refractivity contribution in [3.8, 4) is 5.75 Å². The molecule has 2 rings (SSSR count). The number of benzene rings is 2. The summed E-state index contributed by atoms with van der Waals surface area (Å²) in [5.41, 5.74) is 10.7. The number of hydrogen-bond donors (Lipinski definition) is 2. The van der Waals surface area contributed by atoms with Crippen LogP contribution < -0.4 is 15.4 Å². The average Bonchev–Trinajstić information content (AvgIpc) is 2.45. The van der Waals surface area contributed by atoms with Crippen LogP contribution in [0.1, 0.15) is 16.7 Å². The lowest BCUT2D eigenvalue weighted by molar-refractivity contribution is 0.415. The first kappa shape index (κ1) is 14.9. The molecule has 0 bridgehead atoms. The largest absolute Gasteiger partial charge is 0.497 e. The fourth-order valence-corrected chi connectivity index (χ4v) is 2.46. The number of amidine groups is 1. The van der Waals surface area contributed by atoms with Gasteiger partial charge in [-0.2, -0.15) is 0 Å². The lowest BCUT2D eigenvalue weighted by Gasteiger charge is -2.25. The number of nitrogen functional groups attached to an aromatic ring is 1. The molecule has 0 unspecified atom stereocenters. The van der Waals surface area contributed by atoms with E-state index in [1.54, 1.807) is 7.11 Å². The molecule has 0 aliphatic heterocycles. The Labute approximate surface area is 125 Å². The number of anilines is 2. The van der Waals surface area contributed by atoms with Gasteiger partial charge in [0.15, 0.2) is 0 Å². The topological polar surface area (TPSA) is 62.3 Å². The van der Waals surface area contributed by atoms with Gasteiger partial charge in [0.2, 0.25) is 0 Å². The van der Waals surface area contributed by atoms with Crippen molar-refractivity contribution in [3.05, 3.63) is 53.1 Å². The maximum Gasteiger partial charge on any atom is 0.124 e. The van der Waals surface area contributed by atoms with Crippen molar-refractivity contribution in [1.29, 1.82) is 5.41 Å². The number of rotatable bonds is 4. The van der Waals surface area contributed by atoms with Crippen LogP contribution in [-0.2, 0) is 0 Å². The van der Waals surface area contributed by atoms with Crippen molar-refractivity contribution in [1.82, 2.24) is 0 Å². The molecule has 0 spiro atoms. The maximum absolute atomic E-state index is 7.76. The van der Waals surface area contributed by atoms with Crippen molar-refractivity contribution in [2.45, 2.75) is 13.8 Å². The fraction of sp³-hybridized carbons (Fsp3) is 0.235. The first-order valence-electron chi connectivity index (χ1n) is 6.77. The third kappa shape index (κ3) is 2.99. The molecule has 0 fully saturated rings.